The second kappa shape index (κ2) is 13.8. The van der Waals surface area contributed by atoms with E-state index in [1.165, 1.54) is 0 Å². The molecule has 2 unspecified atom stereocenters. The first-order valence-electron chi connectivity index (χ1n) is 16.2. The highest BCUT2D eigenvalue weighted by molar-refractivity contribution is 6.05. The summed E-state index contributed by atoms with van der Waals surface area (Å²) in [4.78, 5) is 49.1. The van der Waals surface area contributed by atoms with Crippen molar-refractivity contribution in [2.24, 2.45) is 11.8 Å². The molecule has 5 atom stereocenters. The van der Waals surface area contributed by atoms with Gasteiger partial charge in [-0.15, -0.1) is 13.2 Å². The summed E-state index contributed by atoms with van der Waals surface area (Å²) in [5, 5.41) is 9.25. The molecule has 0 aliphatic carbocycles. The molecule has 3 aliphatic rings. The quantitative estimate of drug-likeness (QED) is 0.216. The Hall–Kier alpha value is -2.97. The van der Waals surface area contributed by atoms with Crippen molar-refractivity contribution in [3.63, 3.8) is 0 Å². The first-order chi connectivity index (χ1) is 20.7. The van der Waals surface area contributed by atoms with Gasteiger partial charge in [0, 0.05) is 38.5 Å². The number of anilines is 1. The Morgan fingerprint density at radius 2 is 1.72 bits per heavy atom. The Kier molecular flexibility index (Phi) is 10.5. The fraction of sp³-hybridized carbons (Fsp3) is 0.629. The van der Waals surface area contributed by atoms with Gasteiger partial charge in [-0.3, -0.25) is 14.4 Å². The zero-order valence-electron chi connectivity index (χ0n) is 26.6. The maximum Gasteiger partial charge on any atom is 0.253 e. The molecular weight excluding hydrogens is 542 g/mol. The largest absolute Gasteiger partial charge is 0.396 e. The number of nitrogens with zero attached hydrogens (tertiary/aromatic N) is 3. The lowest BCUT2D eigenvalue weighted by Gasteiger charge is -2.37. The van der Waals surface area contributed by atoms with Gasteiger partial charge in [-0.25, -0.2) is 0 Å². The number of hydrogen-bond donors (Lipinski definition) is 1. The highest BCUT2D eigenvalue weighted by Crippen LogP contribution is 2.64. The van der Waals surface area contributed by atoms with Gasteiger partial charge in [0.2, 0.25) is 11.8 Å². The molecule has 3 saturated heterocycles. The molecule has 0 radical (unpaired) electrons. The molecule has 1 N–H and O–H groups in total. The monoisotopic (exact) mass is 593 g/mol. The molecule has 3 amide bonds. The summed E-state index contributed by atoms with van der Waals surface area (Å²) in [7, 11) is 0. The molecule has 8 nitrogen and oxygen atoms in total. The van der Waals surface area contributed by atoms with E-state index in [9.17, 15) is 19.5 Å². The van der Waals surface area contributed by atoms with E-state index in [0.29, 0.717) is 58.3 Å². The number of fused-ring (bicyclic) bond motifs is 1. The van der Waals surface area contributed by atoms with E-state index in [1.807, 2.05) is 45.9 Å². The van der Waals surface area contributed by atoms with Crippen LogP contribution >= 0.6 is 0 Å². The number of hydrogen-bond acceptors (Lipinski definition) is 5. The third-order valence-electron chi connectivity index (χ3n) is 9.93. The third kappa shape index (κ3) is 5.68. The van der Waals surface area contributed by atoms with Crippen molar-refractivity contribution in [2.45, 2.75) is 96.3 Å². The van der Waals surface area contributed by atoms with E-state index in [1.54, 1.807) is 26.9 Å². The van der Waals surface area contributed by atoms with Gasteiger partial charge in [-0.2, -0.15) is 0 Å². The molecule has 3 aliphatic heterocycles. The smallest absolute Gasteiger partial charge is 0.253 e. The molecule has 4 rings (SSSR count). The number of para-hydroxylation sites is 1. The zero-order chi connectivity index (χ0) is 31.4. The van der Waals surface area contributed by atoms with Crippen molar-refractivity contribution in [3.05, 3.63) is 54.6 Å². The Morgan fingerprint density at radius 1 is 1.05 bits per heavy atom. The topological polar surface area (TPSA) is 90.4 Å². The standard InChI is InChI=1S/C35H51N3O5/c1-7-20-36(21-8-2)31(40)27-28-32(41)38(23-13-11-12-14-24-39)30(35(28)19-18-34(27,10-4)43-35)33(42)37(22-9-3)29-25(5)16-15-17-26(29)6/h7,9,15-17,27-28,30,39H,1,3,8,10-14,18-24H2,2,4-6H3/t27-,28+,30?,34+,35?/m1/s1. The average Bonchev–Trinajstić information content (AvgIpc) is 3.59. The number of aliphatic hydroxyl groups excluding tert-OH is 1. The number of benzene rings is 1. The lowest BCUT2D eigenvalue weighted by Crippen LogP contribution is -2.57. The summed E-state index contributed by atoms with van der Waals surface area (Å²) in [6.45, 7) is 17.7. The van der Waals surface area contributed by atoms with Crippen LogP contribution in [-0.4, -0.2) is 82.7 Å². The summed E-state index contributed by atoms with van der Waals surface area (Å²) < 4.78 is 7.02. The van der Waals surface area contributed by atoms with Gasteiger partial charge in [0.1, 0.15) is 11.6 Å². The van der Waals surface area contributed by atoms with Crippen molar-refractivity contribution in [2.75, 3.05) is 37.7 Å². The number of carbonyl (C=O) groups is 3. The van der Waals surface area contributed by atoms with E-state index >= 15 is 0 Å². The Bertz CT molecular complexity index is 1200. The van der Waals surface area contributed by atoms with Crippen molar-refractivity contribution >= 4 is 23.4 Å². The third-order valence-corrected chi connectivity index (χ3v) is 9.93. The van der Waals surface area contributed by atoms with Crippen molar-refractivity contribution < 1.29 is 24.2 Å². The van der Waals surface area contributed by atoms with Crippen molar-refractivity contribution in [1.82, 2.24) is 9.80 Å². The molecule has 236 valence electrons. The lowest BCUT2D eigenvalue weighted by molar-refractivity contribution is -0.151. The molecule has 3 heterocycles. The SMILES string of the molecule is C=CCN(CCC)C(=O)[C@H]1[C@H]2C(=O)N(CCCCCCO)C(C(=O)N(CC=C)c3c(C)cccc3C)C23CC[C@]1(CC)O3. The number of rotatable bonds is 16. The number of aliphatic hydroxyl groups is 1. The zero-order valence-corrected chi connectivity index (χ0v) is 26.6. The minimum Gasteiger partial charge on any atom is -0.396 e. The summed E-state index contributed by atoms with van der Waals surface area (Å²) >= 11 is 0. The van der Waals surface area contributed by atoms with E-state index in [-0.39, 0.29) is 24.3 Å². The fourth-order valence-corrected chi connectivity index (χ4v) is 8.07. The van der Waals surface area contributed by atoms with E-state index in [4.69, 9.17) is 4.74 Å². The predicted molar refractivity (Wildman–Crippen MR) is 170 cm³/mol. The number of carbonyl (C=O) groups excluding carboxylic acids is 3. The minimum absolute atomic E-state index is 0.0720. The maximum absolute atomic E-state index is 14.9. The summed E-state index contributed by atoms with van der Waals surface area (Å²) in [6, 6.07) is 5.12. The lowest BCUT2D eigenvalue weighted by atomic mass is 9.64. The highest BCUT2D eigenvalue weighted by atomic mass is 16.5. The maximum atomic E-state index is 14.9. The summed E-state index contributed by atoms with van der Waals surface area (Å²) in [5.41, 5.74) is 0.917. The van der Waals surface area contributed by atoms with E-state index in [2.05, 4.69) is 13.2 Å². The molecule has 2 bridgehead atoms. The van der Waals surface area contributed by atoms with E-state index in [0.717, 1.165) is 36.1 Å². The van der Waals surface area contributed by atoms with Crippen LogP contribution in [0.1, 0.15) is 76.3 Å². The van der Waals surface area contributed by atoms with Gasteiger partial charge in [0.15, 0.2) is 0 Å². The van der Waals surface area contributed by atoms with Gasteiger partial charge < -0.3 is 24.5 Å². The van der Waals surface area contributed by atoms with Gasteiger partial charge in [-0.1, -0.05) is 57.0 Å². The molecule has 1 aromatic carbocycles. The van der Waals surface area contributed by atoms with Crippen LogP contribution in [0.15, 0.2) is 43.5 Å². The first kappa shape index (κ1) is 32.9. The van der Waals surface area contributed by atoms with Gasteiger partial charge >= 0.3 is 0 Å². The van der Waals surface area contributed by atoms with Gasteiger partial charge in [0.25, 0.3) is 5.91 Å². The minimum atomic E-state index is -1.07. The first-order valence-corrected chi connectivity index (χ1v) is 16.2. The number of likely N-dealkylation sites (tertiary alicyclic amines) is 1. The second-order valence-electron chi connectivity index (χ2n) is 12.6. The molecule has 0 saturated carbocycles. The average molecular weight is 594 g/mol. The van der Waals surface area contributed by atoms with Crippen LogP contribution in [0.5, 0.6) is 0 Å². The van der Waals surface area contributed by atoms with Crippen LogP contribution in [0.4, 0.5) is 5.69 Å². The predicted octanol–water partition coefficient (Wildman–Crippen LogP) is 4.95. The number of unbranched alkanes of at least 4 members (excludes halogenated alkanes) is 3. The summed E-state index contributed by atoms with van der Waals surface area (Å²) in [5.74, 6) is -1.76. The Labute approximate surface area is 257 Å². The van der Waals surface area contributed by atoms with Gasteiger partial charge in [-0.05, 0) is 63.5 Å². The highest BCUT2D eigenvalue weighted by Gasteiger charge is 2.79. The van der Waals surface area contributed by atoms with Crippen LogP contribution in [0.3, 0.4) is 0 Å². The molecule has 3 fully saturated rings. The Morgan fingerprint density at radius 3 is 2.33 bits per heavy atom. The van der Waals surface area contributed by atoms with Crippen molar-refractivity contribution in [3.8, 4) is 0 Å². The number of aryl methyl sites for hydroxylation is 2. The van der Waals surface area contributed by atoms with Crippen LogP contribution in [0.2, 0.25) is 0 Å². The molecule has 43 heavy (non-hydrogen) atoms. The molecular formula is C35H51N3O5. The fourth-order valence-electron chi connectivity index (χ4n) is 8.07. The molecule has 1 spiro atoms. The van der Waals surface area contributed by atoms with Crippen molar-refractivity contribution in [1.29, 1.82) is 0 Å². The molecule has 8 heteroatoms. The molecule has 0 aromatic heterocycles. The van der Waals surface area contributed by atoms with Crippen LogP contribution in [-0.2, 0) is 19.1 Å². The van der Waals surface area contributed by atoms with Gasteiger partial charge in [0.05, 0.1) is 17.4 Å². The van der Waals surface area contributed by atoms with Crippen LogP contribution in [0.25, 0.3) is 0 Å². The second-order valence-corrected chi connectivity index (χ2v) is 12.6. The van der Waals surface area contributed by atoms with E-state index < -0.39 is 29.1 Å². The van der Waals surface area contributed by atoms with Crippen LogP contribution < -0.4 is 4.90 Å². The summed E-state index contributed by atoms with van der Waals surface area (Å²) in [6.07, 6.45) is 9.13. The molecule has 1 aromatic rings. The number of ether oxygens (including phenoxy) is 1. The number of amides is 3. The van der Waals surface area contributed by atoms with Crippen LogP contribution in [0, 0.1) is 25.7 Å². The normalized spacial score (nSPS) is 27.3. The Balaban J connectivity index is 1.81.